The Balaban J connectivity index is 1.37. The number of allylic oxidation sites excluding steroid dienone is 1. The number of phenolic OH excluding ortho intramolecular Hbond substituents is 1. The lowest BCUT2D eigenvalue weighted by Gasteiger charge is -2.53. The molecule has 33 heavy (non-hydrogen) atoms. The van der Waals surface area contributed by atoms with Crippen LogP contribution < -0.4 is 10.2 Å². The molecule has 0 atom stereocenters. The lowest BCUT2D eigenvalue weighted by Crippen LogP contribution is -2.62. The molecule has 3 aromatic carbocycles. The molecule has 2 fully saturated rings. The van der Waals surface area contributed by atoms with Crippen molar-refractivity contribution in [1.82, 2.24) is 5.32 Å². The Morgan fingerprint density at radius 2 is 1.64 bits per heavy atom. The molecule has 2 aliphatic heterocycles. The fourth-order valence-corrected chi connectivity index (χ4v) is 6.12. The van der Waals surface area contributed by atoms with Gasteiger partial charge in [0.15, 0.2) is 0 Å². The minimum Gasteiger partial charge on any atom is -0.508 e. The van der Waals surface area contributed by atoms with E-state index in [-0.39, 0.29) is 0 Å². The summed E-state index contributed by atoms with van der Waals surface area (Å²) in [7, 11) is 0. The van der Waals surface area contributed by atoms with Gasteiger partial charge in [0.05, 0.1) is 0 Å². The Kier molecular flexibility index (Phi) is 5.22. The topological polar surface area (TPSA) is 35.5 Å². The van der Waals surface area contributed by atoms with Gasteiger partial charge in [-0.25, -0.2) is 0 Å². The zero-order chi connectivity index (χ0) is 22.3. The van der Waals surface area contributed by atoms with Crippen molar-refractivity contribution in [3.05, 3.63) is 95.1 Å². The molecule has 1 aliphatic carbocycles. The SMILES string of the molecule is Oc1ccc2c(c1)CCCC(c1ccccc1)=C2c1ccc(N2CC3(CCCNC3)C2)cc1. The van der Waals surface area contributed by atoms with Gasteiger partial charge >= 0.3 is 0 Å². The van der Waals surface area contributed by atoms with Gasteiger partial charge in [0.25, 0.3) is 0 Å². The predicted octanol–water partition coefficient (Wildman–Crippen LogP) is 5.88. The molecule has 0 saturated carbocycles. The fraction of sp³-hybridized carbons (Fsp3) is 0.333. The first kappa shape index (κ1) is 20.6. The number of aromatic hydroxyl groups is 1. The van der Waals surface area contributed by atoms with E-state index in [4.69, 9.17) is 0 Å². The minimum atomic E-state index is 0.357. The van der Waals surface area contributed by atoms with E-state index in [0.29, 0.717) is 11.2 Å². The van der Waals surface area contributed by atoms with Crippen molar-refractivity contribution in [3.63, 3.8) is 0 Å². The summed E-state index contributed by atoms with van der Waals surface area (Å²) in [5.74, 6) is 0.357. The van der Waals surface area contributed by atoms with Crippen LogP contribution in [0.2, 0.25) is 0 Å². The molecule has 2 saturated heterocycles. The third-order valence-corrected chi connectivity index (χ3v) is 7.79. The van der Waals surface area contributed by atoms with Gasteiger partial charge in [-0.2, -0.15) is 0 Å². The number of aryl methyl sites for hydroxylation is 1. The summed E-state index contributed by atoms with van der Waals surface area (Å²) in [6.45, 7) is 4.67. The Morgan fingerprint density at radius 1 is 0.818 bits per heavy atom. The zero-order valence-electron chi connectivity index (χ0n) is 19.2. The van der Waals surface area contributed by atoms with Gasteiger partial charge in [-0.3, -0.25) is 0 Å². The van der Waals surface area contributed by atoms with Crippen molar-refractivity contribution >= 4 is 16.8 Å². The minimum absolute atomic E-state index is 0.357. The maximum absolute atomic E-state index is 10.1. The summed E-state index contributed by atoms with van der Waals surface area (Å²) >= 11 is 0. The Bertz CT molecular complexity index is 1170. The molecule has 3 aliphatic rings. The molecule has 0 amide bonds. The third kappa shape index (κ3) is 3.85. The number of hydrogen-bond acceptors (Lipinski definition) is 3. The van der Waals surface area contributed by atoms with Crippen molar-refractivity contribution in [2.24, 2.45) is 5.41 Å². The van der Waals surface area contributed by atoms with E-state index in [1.165, 1.54) is 78.1 Å². The highest BCUT2D eigenvalue weighted by molar-refractivity contribution is 6.00. The van der Waals surface area contributed by atoms with Crippen LogP contribution >= 0.6 is 0 Å². The first-order valence-corrected chi connectivity index (χ1v) is 12.4. The smallest absolute Gasteiger partial charge is 0.115 e. The normalized spacial score (nSPS) is 19.7. The molecule has 2 heterocycles. The largest absolute Gasteiger partial charge is 0.508 e. The van der Waals surface area contributed by atoms with Gasteiger partial charge in [-0.1, -0.05) is 48.5 Å². The Labute approximate surface area is 196 Å². The number of rotatable bonds is 3. The average Bonchev–Trinajstić information content (AvgIpc) is 3.03. The van der Waals surface area contributed by atoms with Crippen LogP contribution in [0.3, 0.4) is 0 Å². The number of phenols is 1. The summed E-state index contributed by atoms with van der Waals surface area (Å²) in [6, 6.07) is 25.9. The van der Waals surface area contributed by atoms with Gasteiger partial charge in [0.2, 0.25) is 0 Å². The number of anilines is 1. The molecule has 6 rings (SSSR count). The van der Waals surface area contributed by atoms with Crippen molar-refractivity contribution in [2.75, 3.05) is 31.1 Å². The highest BCUT2D eigenvalue weighted by Gasteiger charge is 2.43. The summed E-state index contributed by atoms with van der Waals surface area (Å²) in [5, 5.41) is 13.7. The summed E-state index contributed by atoms with van der Waals surface area (Å²) in [5.41, 5.74) is 9.61. The number of piperidine rings is 1. The van der Waals surface area contributed by atoms with Crippen molar-refractivity contribution in [3.8, 4) is 5.75 Å². The van der Waals surface area contributed by atoms with Crippen LogP contribution in [-0.4, -0.2) is 31.3 Å². The molecule has 0 unspecified atom stereocenters. The highest BCUT2D eigenvalue weighted by Crippen LogP contribution is 2.42. The molecule has 0 bridgehead atoms. The lowest BCUT2D eigenvalue weighted by atomic mass is 9.74. The molecule has 3 nitrogen and oxygen atoms in total. The fourth-order valence-electron chi connectivity index (χ4n) is 6.12. The molecular weight excluding hydrogens is 404 g/mol. The Morgan fingerprint density at radius 3 is 2.39 bits per heavy atom. The van der Waals surface area contributed by atoms with E-state index < -0.39 is 0 Å². The Hall–Kier alpha value is -3.04. The van der Waals surface area contributed by atoms with Crippen LogP contribution in [0.15, 0.2) is 72.8 Å². The predicted molar refractivity (Wildman–Crippen MR) is 137 cm³/mol. The number of hydrogen-bond donors (Lipinski definition) is 2. The van der Waals surface area contributed by atoms with E-state index in [0.717, 1.165) is 19.3 Å². The third-order valence-electron chi connectivity index (χ3n) is 7.79. The van der Waals surface area contributed by atoms with Crippen LogP contribution in [0, 0.1) is 5.41 Å². The first-order chi connectivity index (χ1) is 16.2. The maximum Gasteiger partial charge on any atom is 0.115 e. The first-order valence-electron chi connectivity index (χ1n) is 12.4. The number of fused-ring (bicyclic) bond motifs is 1. The van der Waals surface area contributed by atoms with E-state index >= 15 is 0 Å². The van der Waals surface area contributed by atoms with E-state index in [2.05, 4.69) is 70.9 Å². The number of benzene rings is 3. The van der Waals surface area contributed by atoms with Crippen LogP contribution in [-0.2, 0) is 6.42 Å². The average molecular weight is 437 g/mol. The van der Waals surface area contributed by atoms with Crippen LogP contribution in [0.4, 0.5) is 5.69 Å². The molecule has 2 N–H and O–H groups in total. The molecular formula is C30H32N2O. The van der Waals surface area contributed by atoms with Crippen molar-refractivity contribution in [1.29, 1.82) is 0 Å². The second kappa shape index (κ2) is 8.39. The van der Waals surface area contributed by atoms with Gasteiger partial charge in [0, 0.05) is 30.7 Å². The second-order valence-corrected chi connectivity index (χ2v) is 10.1. The molecule has 1 spiro atoms. The van der Waals surface area contributed by atoms with Crippen molar-refractivity contribution in [2.45, 2.75) is 32.1 Å². The zero-order valence-corrected chi connectivity index (χ0v) is 19.2. The summed E-state index contributed by atoms with van der Waals surface area (Å²) < 4.78 is 0. The summed E-state index contributed by atoms with van der Waals surface area (Å²) in [4.78, 5) is 2.53. The lowest BCUT2D eigenvalue weighted by molar-refractivity contribution is 0.157. The van der Waals surface area contributed by atoms with Gasteiger partial charge in [0.1, 0.15) is 5.75 Å². The summed E-state index contributed by atoms with van der Waals surface area (Å²) in [6.07, 6.45) is 5.78. The van der Waals surface area contributed by atoms with Crippen LogP contribution in [0.25, 0.3) is 11.1 Å². The molecule has 168 valence electrons. The highest BCUT2D eigenvalue weighted by atomic mass is 16.3. The number of nitrogens with one attached hydrogen (secondary N) is 1. The molecule has 3 heteroatoms. The van der Waals surface area contributed by atoms with Crippen LogP contribution in [0.5, 0.6) is 5.75 Å². The van der Waals surface area contributed by atoms with Gasteiger partial charge < -0.3 is 15.3 Å². The monoisotopic (exact) mass is 436 g/mol. The van der Waals surface area contributed by atoms with Gasteiger partial charge in [-0.15, -0.1) is 0 Å². The van der Waals surface area contributed by atoms with E-state index in [9.17, 15) is 5.11 Å². The molecule has 0 radical (unpaired) electrons. The standard InChI is InChI=1S/C30H32N2O/c33-26-14-15-28-24(18-26)8-4-9-27(22-6-2-1-3-7-22)29(28)23-10-12-25(13-11-23)32-20-30(21-32)16-5-17-31-19-30/h1-3,6-7,10-15,18,31,33H,4-5,8-9,16-17,19-21H2. The van der Waals surface area contributed by atoms with Crippen molar-refractivity contribution < 1.29 is 5.11 Å². The molecule has 0 aromatic heterocycles. The quantitative estimate of drug-likeness (QED) is 0.538. The number of nitrogens with zero attached hydrogens (tertiary/aromatic N) is 1. The maximum atomic E-state index is 10.1. The van der Waals surface area contributed by atoms with E-state index in [1.54, 1.807) is 0 Å². The van der Waals surface area contributed by atoms with E-state index in [1.807, 2.05) is 12.1 Å². The van der Waals surface area contributed by atoms with Crippen LogP contribution in [0.1, 0.15) is 47.9 Å². The van der Waals surface area contributed by atoms with Gasteiger partial charge in [-0.05, 0) is 96.3 Å². The second-order valence-electron chi connectivity index (χ2n) is 10.1. The molecule has 3 aromatic rings.